The zero-order valence-corrected chi connectivity index (χ0v) is 17.2. The number of ether oxygens (including phenoxy) is 1. The summed E-state index contributed by atoms with van der Waals surface area (Å²) in [6, 6.07) is 15.9. The lowest BCUT2D eigenvalue weighted by Gasteiger charge is -2.35. The van der Waals surface area contributed by atoms with E-state index in [0.29, 0.717) is 6.54 Å². The normalized spacial score (nSPS) is 16.1. The number of hydrogen-bond donors (Lipinski definition) is 1. The summed E-state index contributed by atoms with van der Waals surface area (Å²) >= 11 is 2.21. The zero-order valence-electron chi connectivity index (χ0n) is 15.1. The highest BCUT2D eigenvalue weighted by atomic mass is 127. The van der Waals surface area contributed by atoms with E-state index in [1.165, 1.54) is 19.3 Å². The fourth-order valence-electron chi connectivity index (χ4n) is 3.54. The van der Waals surface area contributed by atoms with E-state index in [0.717, 1.165) is 33.5 Å². The van der Waals surface area contributed by atoms with Crippen LogP contribution in [0.1, 0.15) is 41.2 Å². The first-order valence-electron chi connectivity index (χ1n) is 9.10. The molecule has 1 fully saturated rings. The van der Waals surface area contributed by atoms with Gasteiger partial charge in [0.1, 0.15) is 5.75 Å². The molecule has 1 aliphatic heterocycles. The summed E-state index contributed by atoms with van der Waals surface area (Å²) < 4.78 is 6.55. The second-order valence-electron chi connectivity index (χ2n) is 6.54. The van der Waals surface area contributed by atoms with Crippen molar-refractivity contribution in [2.24, 2.45) is 0 Å². The molecule has 1 N–H and O–H groups in total. The molecule has 2 aromatic carbocycles. The summed E-state index contributed by atoms with van der Waals surface area (Å²) in [6.07, 6.45) is 3.69. The van der Waals surface area contributed by atoms with Crippen LogP contribution in [0, 0.1) is 3.57 Å². The van der Waals surface area contributed by atoms with Crippen molar-refractivity contribution in [3.05, 3.63) is 63.2 Å². The van der Waals surface area contributed by atoms with Gasteiger partial charge in [-0.15, -0.1) is 0 Å². The first kappa shape index (κ1) is 19.2. The van der Waals surface area contributed by atoms with Crippen molar-refractivity contribution < 1.29 is 9.53 Å². The predicted molar refractivity (Wildman–Crippen MR) is 113 cm³/mol. The van der Waals surface area contributed by atoms with Crippen molar-refractivity contribution in [3.8, 4) is 5.75 Å². The molecule has 1 unspecified atom stereocenters. The Morgan fingerprint density at radius 3 is 2.54 bits per heavy atom. The lowest BCUT2D eigenvalue weighted by molar-refractivity contribution is 0.0922. The van der Waals surface area contributed by atoms with E-state index in [4.69, 9.17) is 4.74 Å². The summed E-state index contributed by atoms with van der Waals surface area (Å²) in [5.74, 6) is 0.860. The number of carbonyl (C=O) groups is 1. The molecule has 0 saturated carbocycles. The van der Waals surface area contributed by atoms with Crippen LogP contribution >= 0.6 is 22.6 Å². The third-order valence-corrected chi connectivity index (χ3v) is 5.84. The summed E-state index contributed by atoms with van der Waals surface area (Å²) in [5.41, 5.74) is 1.87. The molecule has 26 heavy (non-hydrogen) atoms. The van der Waals surface area contributed by atoms with E-state index in [1.807, 2.05) is 42.5 Å². The van der Waals surface area contributed by atoms with Gasteiger partial charge in [0.2, 0.25) is 0 Å². The van der Waals surface area contributed by atoms with Crippen LogP contribution < -0.4 is 10.1 Å². The minimum absolute atomic E-state index is 0.0214. The minimum Gasteiger partial charge on any atom is -0.496 e. The third-order valence-electron chi connectivity index (χ3n) is 4.90. The van der Waals surface area contributed by atoms with Crippen LogP contribution in [0.25, 0.3) is 0 Å². The van der Waals surface area contributed by atoms with Gasteiger partial charge in [-0.3, -0.25) is 9.69 Å². The van der Waals surface area contributed by atoms with E-state index in [9.17, 15) is 4.79 Å². The first-order chi connectivity index (χ1) is 12.7. The maximum absolute atomic E-state index is 12.7. The van der Waals surface area contributed by atoms with Crippen molar-refractivity contribution in [2.75, 3.05) is 26.7 Å². The van der Waals surface area contributed by atoms with Crippen LogP contribution in [-0.2, 0) is 0 Å². The summed E-state index contributed by atoms with van der Waals surface area (Å²) in [7, 11) is 1.71. The highest BCUT2D eigenvalue weighted by molar-refractivity contribution is 14.1. The van der Waals surface area contributed by atoms with Gasteiger partial charge >= 0.3 is 0 Å². The molecule has 138 valence electrons. The Morgan fingerprint density at radius 2 is 1.81 bits per heavy atom. The van der Waals surface area contributed by atoms with Crippen molar-refractivity contribution >= 4 is 28.5 Å². The number of carbonyl (C=O) groups excluding carboxylic acids is 1. The Bertz CT molecular complexity index is 744. The van der Waals surface area contributed by atoms with Crippen LogP contribution in [-0.4, -0.2) is 37.6 Å². The summed E-state index contributed by atoms with van der Waals surface area (Å²) in [4.78, 5) is 15.1. The van der Waals surface area contributed by atoms with Crippen molar-refractivity contribution in [3.63, 3.8) is 0 Å². The molecule has 4 nitrogen and oxygen atoms in total. The molecule has 1 amide bonds. The molecule has 1 atom stereocenters. The molecular formula is C21H25IN2O2. The van der Waals surface area contributed by atoms with E-state index in [1.54, 1.807) is 7.11 Å². The number of methoxy groups -OCH3 is 1. The number of hydrogen-bond acceptors (Lipinski definition) is 3. The Kier molecular flexibility index (Phi) is 6.91. The fraction of sp³-hybridized carbons (Fsp3) is 0.381. The standard InChI is InChI=1S/C21H25IN2O2/c1-26-20-12-6-4-10-17(20)19(24-13-7-2-8-14-24)15-23-21(25)16-9-3-5-11-18(16)22/h3-6,9-12,19H,2,7-8,13-15H2,1H3,(H,23,25). The number of para-hydroxylation sites is 1. The van der Waals surface area contributed by atoms with Crippen LogP contribution in [0.15, 0.2) is 48.5 Å². The Morgan fingerprint density at radius 1 is 1.12 bits per heavy atom. The van der Waals surface area contributed by atoms with Gasteiger partial charge in [-0.05, 0) is 66.7 Å². The van der Waals surface area contributed by atoms with E-state index < -0.39 is 0 Å². The van der Waals surface area contributed by atoms with E-state index in [-0.39, 0.29) is 11.9 Å². The minimum atomic E-state index is -0.0214. The fourth-order valence-corrected chi connectivity index (χ4v) is 4.17. The topological polar surface area (TPSA) is 41.6 Å². The lowest BCUT2D eigenvalue weighted by Crippen LogP contribution is -2.41. The van der Waals surface area contributed by atoms with Gasteiger partial charge in [-0.2, -0.15) is 0 Å². The molecule has 1 aliphatic rings. The second kappa shape index (κ2) is 9.37. The van der Waals surface area contributed by atoms with Crippen molar-refractivity contribution in [2.45, 2.75) is 25.3 Å². The van der Waals surface area contributed by atoms with Gasteiger partial charge in [-0.25, -0.2) is 0 Å². The van der Waals surface area contributed by atoms with Gasteiger partial charge < -0.3 is 10.1 Å². The van der Waals surface area contributed by atoms with Gasteiger partial charge in [-0.1, -0.05) is 36.8 Å². The summed E-state index contributed by atoms with van der Waals surface area (Å²) in [6.45, 7) is 2.69. The van der Waals surface area contributed by atoms with E-state index in [2.05, 4.69) is 38.9 Å². The molecular weight excluding hydrogens is 439 g/mol. The quantitative estimate of drug-likeness (QED) is 0.650. The van der Waals surface area contributed by atoms with Crippen LogP contribution in [0.4, 0.5) is 0 Å². The van der Waals surface area contributed by atoms with Gasteiger partial charge in [0.05, 0.1) is 18.7 Å². The highest BCUT2D eigenvalue weighted by Crippen LogP contribution is 2.31. The van der Waals surface area contributed by atoms with Crippen molar-refractivity contribution in [1.82, 2.24) is 10.2 Å². The number of rotatable bonds is 6. The molecule has 0 spiro atoms. The average molecular weight is 464 g/mol. The lowest BCUT2D eigenvalue weighted by atomic mass is 10.0. The number of nitrogens with zero attached hydrogens (tertiary/aromatic N) is 1. The second-order valence-corrected chi connectivity index (χ2v) is 7.71. The Labute approximate surface area is 169 Å². The molecule has 0 radical (unpaired) electrons. The number of halogens is 1. The molecule has 0 aliphatic carbocycles. The first-order valence-corrected chi connectivity index (χ1v) is 10.2. The average Bonchev–Trinajstić information content (AvgIpc) is 2.69. The van der Waals surface area contributed by atoms with E-state index >= 15 is 0 Å². The number of amides is 1. The molecule has 0 aromatic heterocycles. The smallest absolute Gasteiger partial charge is 0.252 e. The molecule has 1 saturated heterocycles. The molecule has 2 aromatic rings. The molecule has 3 rings (SSSR count). The molecule has 1 heterocycles. The third kappa shape index (κ3) is 4.57. The summed E-state index contributed by atoms with van der Waals surface area (Å²) in [5, 5.41) is 3.15. The Balaban J connectivity index is 1.80. The highest BCUT2D eigenvalue weighted by Gasteiger charge is 2.25. The monoisotopic (exact) mass is 464 g/mol. The number of likely N-dealkylation sites (tertiary alicyclic amines) is 1. The number of benzene rings is 2. The largest absolute Gasteiger partial charge is 0.496 e. The van der Waals surface area contributed by atoms with Crippen molar-refractivity contribution in [1.29, 1.82) is 0 Å². The van der Waals surface area contributed by atoms with Crippen LogP contribution in [0.3, 0.4) is 0 Å². The molecule has 0 bridgehead atoms. The Hall–Kier alpha value is -1.60. The van der Waals surface area contributed by atoms with Crippen LogP contribution in [0.2, 0.25) is 0 Å². The van der Waals surface area contributed by atoms with Crippen LogP contribution in [0.5, 0.6) is 5.75 Å². The van der Waals surface area contributed by atoms with Gasteiger partial charge in [0, 0.05) is 15.7 Å². The zero-order chi connectivity index (χ0) is 18.4. The molecule has 5 heteroatoms. The van der Waals surface area contributed by atoms with Gasteiger partial charge in [0.15, 0.2) is 0 Å². The van der Waals surface area contributed by atoms with Gasteiger partial charge in [0.25, 0.3) is 5.91 Å². The SMILES string of the molecule is COc1ccccc1C(CNC(=O)c1ccccc1I)N1CCCCC1. The maximum atomic E-state index is 12.7. The maximum Gasteiger partial charge on any atom is 0.252 e. The number of piperidine rings is 1. The predicted octanol–water partition coefficient (Wildman–Crippen LogP) is 4.26. The number of nitrogens with one attached hydrogen (secondary N) is 1.